The van der Waals surface area contributed by atoms with Crippen LogP contribution in [0.3, 0.4) is 0 Å². The lowest BCUT2D eigenvalue weighted by molar-refractivity contribution is 0.160. The Labute approximate surface area is 133 Å². The van der Waals surface area contributed by atoms with Crippen molar-refractivity contribution in [2.75, 3.05) is 13.2 Å². The molecule has 2 amide bonds. The molecular weight excluding hydrogens is 276 g/mol. The topological polar surface area (TPSA) is 52.6 Å². The summed E-state index contributed by atoms with van der Waals surface area (Å²) in [6.45, 7) is 8.87. The third kappa shape index (κ3) is 4.23. The number of aryl methyl sites for hydroxylation is 1. The fraction of sp³-hybridized carbons (Fsp3) is 0.611. The number of carbonyl (C=O) groups excluding carboxylic acids is 1. The van der Waals surface area contributed by atoms with Crippen LogP contribution in [0.25, 0.3) is 0 Å². The summed E-state index contributed by atoms with van der Waals surface area (Å²) in [6, 6.07) is 8.46. The van der Waals surface area contributed by atoms with E-state index in [4.69, 9.17) is 0 Å². The number of nitrogens with zero attached hydrogens (tertiary/aromatic N) is 1. The summed E-state index contributed by atoms with van der Waals surface area (Å²) in [4.78, 5) is 14.4. The molecule has 4 heteroatoms. The molecule has 2 N–H and O–H groups in total. The maximum absolute atomic E-state index is 12.6. The molecule has 0 heterocycles. The quantitative estimate of drug-likeness (QED) is 0.877. The molecule has 1 saturated carbocycles. The van der Waals surface area contributed by atoms with Crippen LogP contribution in [0.1, 0.15) is 50.8 Å². The average molecular weight is 304 g/mol. The summed E-state index contributed by atoms with van der Waals surface area (Å²) in [6.07, 6.45) is 2.08. The molecule has 1 aliphatic rings. The van der Waals surface area contributed by atoms with Crippen LogP contribution in [0.4, 0.5) is 4.79 Å². The molecule has 1 unspecified atom stereocenters. The summed E-state index contributed by atoms with van der Waals surface area (Å²) in [7, 11) is 0. The van der Waals surface area contributed by atoms with Gasteiger partial charge in [0.25, 0.3) is 0 Å². The lowest BCUT2D eigenvalue weighted by Crippen LogP contribution is -2.47. The number of benzene rings is 1. The molecule has 4 nitrogen and oxygen atoms in total. The van der Waals surface area contributed by atoms with E-state index in [0.29, 0.717) is 12.6 Å². The fourth-order valence-corrected chi connectivity index (χ4v) is 2.80. The Kier molecular flexibility index (Phi) is 5.12. The first-order chi connectivity index (χ1) is 10.3. The van der Waals surface area contributed by atoms with Crippen LogP contribution in [-0.2, 0) is 0 Å². The Bertz CT molecular complexity index is 518. The number of nitrogens with one attached hydrogen (secondary N) is 1. The Hall–Kier alpha value is -1.55. The number of rotatable bonds is 5. The SMILES string of the molecule is Cc1cccc(C(NC(=O)N(CCO)C2CC2)C(C)(C)C)c1. The number of aliphatic hydroxyl groups excluding tert-OH is 1. The van der Waals surface area contributed by atoms with E-state index >= 15 is 0 Å². The maximum Gasteiger partial charge on any atom is 0.318 e. The van der Waals surface area contributed by atoms with Crippen molar-refractivity contribution in [3.63, 3.8) is 0 Å². The van der Waals surface area contributed by atoms with Gasteiger partial charge in [-0.05, 0) is 30.7 Å². The summed E-state index contributed by atoms with van der Waals surface area (Å²) in [5.41, 5.74) is 2.23. The number of hydrogen-bond acceptors (Lipinski definition) is 2. The first-order valence-electron chi connectivity index (χ1n) is 8.07. The van der Waals surface area contributed by atoms with E-state index in [1.165, 1.54) is 5.56 Å². The molecule has 0 radical (unpaired) electrons. The molecule has 2 rings (SSSR count). The Balaban J connectivity index is 2.18. The first-order valence-corrected chi connectivity index (χ1v) is 8.07. The van der Waals surface area contributed by atoms with E-state index in [2.05, 4.69) is 51.2 Å². The molecule has 1 fully saturated rings. The zero-order chi connectivity index (χ0) is 16.3. The third-order valence-electron chi connectivity index (χ3n) is 4.10. The highest BCUT2D eigenvalue weighted by Crippen LogP contribution is 2.34. The number of amides is 2. The highest BCUT2D eigenvalue weighted by molar-refractivity contribution is 5.75. The van der Waals surface area contributed by atoms with Gasteiger partial charge in [-0.25, -0.2) is 4.79 Å². The van der Waals surface area contributed by atoms with Crippen LogP contribution < -0.4 is 5.32 Å². The predicted octanol–water partition coefficient (Wildman–Crippen LogP) is 3.25. The van der Waals surface area contributed by atoms with Crippen LogP contribution in [0, 0.1) is 12.3 Å². The lowest BCUT2D eigenvalue weighted by atomic mass is 9.82. The number of hydrogen-bond donors (Lipinski definition) is 2. The van der Waals surface area contributed by atoms with Gasteiger partial charge < -0.3 is 15.3 Å². The van der Waals surface area contributed by atoms with Crippen molar-refractivity contribution in [1.29, 1.82) is 0 Å². The van der Waals surface area contributed by atoms with Gasteiger partial charge in [-0.3, -0.25) is 0 Å². The minimum Gasteiger partial charge on any atom is -0.395 e. The molecule has 1 aliphatic carbocycles. The van der Waals surface area contributed by atoms with Crippen LogP contribution in [0.2, 0.25) is 0 Å². The van der Waals surface area contributed by atoms with Gasteiger partial charge in [0.1, 0.15) is 0 Å². The molecule has 1 aromatic carbocycles. The summed E-state index contributed by atoms with van der Waals surface area (Å²) < 4.78 is 0. The van der Waals surface area contributed by atoms with E-state index < -0.39 is 0 Å². The number of aliphatic hydroxyl groups is 1. The molecule has 0 bridgehead atoms. The van der Waals surface area contributed by atoms with Gasteiger partial charge in [0, 0.05) is 12.6 Å². The van der Waals surface area contributed by atoms with Crippen molar-refractivity contribution in [2.45, 2.75) is 52.6 Å². The molecule has 22 heavy (non-hydrogen) atoms. The standard InChI is InChI=1S/C18H28N2O2/c1-13-6-5-7-14(12-13)16(18(2,3)4)19-17(22)20(10-11-21)15-8-9-15/h5-7,12,15-16,21H,8-11H2,1-4H3,(H,19,22). The second-order valence-electron chi connectivity index (χ2n) is 7.31. The van der Waals surface area contributed by atoms with Gasteiger partial charge in [-0.15, -0.1) is 0 Å². The van der Waals surface area contributed by atoms with Crippen molar-refractivity contribution >= 4 is 6.03 Å². The van der Waals surface area contributed by atoms with E-state index in [1.807, 2.05) is 6.07 Å². The second-order valence-corrected chi connectivity index (χ2v) is 7.31. The molecule has 0 spiro atoms. The highest BCUT2D eigenvalue weighted by atomic mass is 16.3. The molecule has 1 aromatic rings. The van der Waals surface area contributed by atoms with Crippen molar-refractivity contribution < 1.29 is 9.90 Å². The Morgan fingerprint density at radius 1 is 1.41 bits per heavy atom. The maximum atomic E-state index is 12.6. The molecule has 122 valence electrons. The van der Waals surface area contributed by atoms with E-state index in [9.17, 15) is 9.90 Å². The minimum atomic E-state index is -0.0854. The molecule has 1 atom stereocenters. The van der Waals surface area contributed by atoms with Crippen molar-refractivity contribution in [2.24, 2.45) is 5.41 Å². The van der Waals surface area contributed by atoms with Gasteiger partial charge in [0.05, 0.1) is 12.6 Å². The molecule has 0 aromatic heterocycles. The van der Waals surface area contributed by atoms with E-state index in [-0.39, 0.29) is 24.1 Å². The van der Waals surface area contributed by atoms with Gasteiger partial charge in [-0.2, -0.15) is 0 Å². The van der Waals surface area contributed by atoms with Crippen LogP contribution in [0.15, 0.2) is 24.3 Å². The van der Waals surface area contributed by atoms with Gasteiger partial charge in [0.2, 0.25) is 0 Å². The Morgan fingerprint density at radius 3 is 2.59 bits per heavy atom. The van der Waals surface area contributed by atoms with Gasteiger partial charge in [-0.1, -0.05) is 50.6 Å². The van der Waals surface area contributed by atoms with Crippen LogP contribution in [-0.4, -0.2) is 35.2 Å². The summed E-state index contributed by atoms with van der Waals surface area (Å²) in [5, 5.41) is 12.4. The number of carbonyl (C=O) groups is 1. The fourth-order valence-electron chi connectivity index (χ4n) is 2.80. The molecule has 0 saturated heterocycles. The zero-order valence-corrected chi connectivity index (χ0v) is 14.1. The molecular formula is C18H28N2O2. The third-order valence-corrected chi connectivity index (χ3v) is 4.10. The normalized spacial score (nSPS) is 16.2. The van der Waals surface area contributed by atoms with Crippen molar-refractivity contribution in [3.05, 3.63) is 35.4 Å². The summed E-state index contributed by atoms with van der Waals surface area (Å²) in [5.74, 6) is 0. The van der Waals surface area contributed by atoms with E-state index in [0.717, 1.165) is 18.4 Å². The average Bonchev–Trinajstić information content (AvgIpc) is 3.25. The molecule has 0 aliphatic heterocycles. The smallest absolute Gasteiger partial charge is 0.318 e. The predicted molar refractivity (Wildman–Crippen MR) is 88.7 cm³/mol. The van der Waals surface area contributed by atoms with Gasteiger partial charge >= 0.3 is 6.03 Å². The van der Waals surface area contributed by atoms with Crippen LogP contribution >= 0.6 is 0 Å². The Morgan fingerprint density at radius 2 is 2.09 bits per heavy atom. The first kappa shape index (κ1) is 16.8. The number of urea groups is 1. The van der Waals surface area contributed by atoms with Crippen LogP contribution in [0.5, 0.6) is 0 Å². The van der Waals surface area contributed by atoms with E-state index in [1.54, 1.807) is 4.90 Å². The monoisotopic (exact) mass is 304 g/mol. The van der Waals surface area contributed by atoms with Crippen molar-refractivity contribution in [3.8, 4) is 0 Å². The minimum absolute atomic E-state index is 0.00848. The lowest BCUT2D eigenvalue weighted by Gasteiger charge is -2.34. The summed E-state index contributed by atoms with van der Waals surface area (Å²) >= 11 is 0. The highest BCUT2D eigenvalue weighted by Gasteiger charge is 2.35. The zero-order valence-electron chi connectivity index (χ0n) is 14.1. The van der Waals surface area contributed by atoms with Crippen molar-refractivity contribution in [1.82, 2.24) is 10.2 Å². The largest absolute Gasteiger partial charge is 0.395 e. The van der Waals surface area contributed by atoms with Gasteiger partial charge in [0.15, 0.2) is 0 Å². The second kappa shape index (κ2) is 6.69.